The molecule has 0 aliphatic carbocycles. The zero-order valence-electron chi connectivity index (χ0n) is 15.3. The molecular formula is C18H28N2O5. The average molecular weight is 352 g/mol. The molecule has 0 saturated carbocycles. The number of aliphatic hydroxyl groups is 1. The third kappa shape index (κ3) is 8.00. The van der Waals surface area contributed by atoms with E-state index in [1.165, 1.54) is 13.0 Å². The Morgan fingerprint density at radius 1 is 1.28 bits per heavy atom. The number of amides is 1. The van der Waals surface area contributed by atoms with Gasteiger partial charge in [0.05, 0.1) is 12.3 Å². The maximum atomic E-state index is 11.8. The Hall–Kier alpha value is -2.12. The second-order valence-electron chi connectivity index (χ2n) is 6.06. The predicted octanol–water partition coefficient (Wildman–Crippen LogP) is 2.59. The van der Waals surface area contributed by atoms with Gasteiger partial charge in [-0.3, -0.25) is 10.1 Å². The summed E-state index contributed by atoms with van der Waals surface area (Å²) >= 11 is 0. The molecule has 1 aromatic carbocycles. The largest absolute Gasteiger partial charge is 0.489 e. The topological polar surface area (TPSA) is 96.9 Å². The van der Waals surface area contributed by atoms with E-state index < -0.39 is 12.2 Å². The summed E-state index contributed by atoms with van der Waals surface area (Å²) in [7, 11) is 0. The number of hydrogen-bond donors (Lipinski definition) is 3. The SMILES string of the molecule is CCCOC(=O)Nc1cc(C(C)=O)ccc1OC[C@@H](O)CNC(C)C. The predicted molar refractivity (Wildman–Crippen MR) is 96.3 cm³/mol. The fourth-order valence-electron chi connectivity index (χ4n) is 1.93. The molecule has 1 amide bonds. The summed E-state index contributed by atoms with van der Waals surface area (Å²) < 4.78 is 10.6. The highest BCUT2D eigenvalue weighted by Crippen LogP contribution is 2.26. The molecule has 0 aliphatic heterocycles. The minimum absolute atomic E-state index is 0.0534. The van der Waals surface area contributed by atoms with Crippen molar-refractivity contribution in [3.63, 3.8) is 0 Å². The van der Waals surface area contributed by atoms with Crippen LogP contribution in [0.1, 0.15) is 44.5 Å². The van der Waals surface area contributed by atoms with Crippen molar-refractivity contribution in [1.29, 1.82) is 0 Å². The van der Waals surface area contributed by atoms with Crippen LogP contribution in [0, 0.1) is 0 Å². The fourth-order valence-corrected chi connectivity index (χ4v) is 1.93. The van der Waals surface area contributed by atoms with Gasteiger partial charge >= 0.3 is 6.09 Å². The quantitative estimate of drug-likeness (QED) is 0.560. The molecule has 1 aromatic rings. The summed E-state index contributed by atoms with van der Waals surface area (Å²) in [5.41, 5.74) is 0.776. The lowest BCUT2D eigenvalue weighted by Gasteiger charge is -2.17. The molecular weight excluding hydrogens is 324 g/mol. The van der Waals surface area contributed by atoms with Gasteiger partial charge in [-0.1, -0.05) is 20.8 Å². The zero-order valence-corrected chi connectivity index (χ0v) is 15.3. The summed E-state index contributed by atoms with van der Waals surface area (Å²) in [4.78, 5) is 23.3. The van der Waals surface area contributed by atoms with Crippen molar-refractivity contribution in [1.82, 2.24) is 5.32 Å². The van der Waals surface area contributed by atoms with E-state index >= 15 is 0 Å². The van der Waals surface area contributed by atoms with Crippen LogP contribution in [0.15, 0.2) is 18.2 Å². The highest BCUT2D eigenvalue weighted by Gasteiger charge is 2.13. The summed E-state index contributed by atoms with van der Waals surface area (Å²) in [6.07, 6.45) is -0.608. The van der Waals surface area contributed by atoms with Crippen molar-refractivity contribution in [3.8, 4) is 5.75 Å². The van der Waals surface area contributed by atoms with Gasteiger partial charge in [-0.05, 0) is 31.5 Å². The number of nitrogens with one attached hydrogen (secondary N) is 2. The molecule has 140 valence electrons. The normalized spacial score (nSPS) is 11.9. The molecule has 0 spiro atoms. The van der Waals surface area contributed by atoms with Crippen LogP contribution < -0.4 is 15.4 Å². The second-order valence-corrected chi connectivity index (χ2v) is 6.06. The number of carbonyl (C=O) groups excluding carboxylic acids is 2. The van der Waals surface area contributed by atoms with Crippen molar-refractivity contribution in [2.45, 2.75) is 46.3 Å². The van der Waals surface area contributed by atoms with E-state index in [2.05, 4.69) is 10.6 Å². The Labute approximate surface area is 148 Å². The first-order valence-corrected chi connectivity index (χ1v) is 8.46. The lowest BCUT2D eigenvalue weighted by Crippen LogP contribution is -2.35. The molecule has 25 heavy (non-hydrogen) atoms. The summed E-state index contributed by atoms with van der Waals surface area (Å²) in [5, 5.41) is 15.6. The Bertz CT molecular complexity index is 575. The van der Waals surface area contributed by atoms with Crippen LogP contribution in [0.3, 0.4) is 0 Å². The minimum atomic E-state index is -0.699. The molecule has 0 saturated heterocycles. The van der Waals surface area contributed by atoms with Crippen LogP contribution in [0.2, 0.25) is 0 Å². The number of Topliss-reactive ketones (excluding diaryl/α,β-unsaturated/α-hetero) is 1. The molecule has 0 heterocycles. The van der Waals surface area contributed by atoms with E-state index in [0.717, 1.165) is 0 Å². The maximum absolute atomic E-state index is 11.8. The van der Waals surface area contributed by atoms with Gasteiger partial charge in [0.15, 0.2) is 5.78 Å². The molecule has 0 unspecified atom stereocenters. The van der Waals surface area contributed by atoms with Crippen molar-refractivity contribution in [3.05, 3.63) is 23.8 Å². The number of carbonyl (C=O) groups is 2. The first-order valence-electron chi connectivity index (χ1n) is 8.46. The van der Waals surface area contributed by atoms with Gasteiger partial charge in [0.25, 0.3) is 0 Å². The molecule has 1 rings (SSSR count). The molecule has 3 N–H and O–H groups in total. The maximum Gasteiger partial charge on any atom is 0.411 e. The van der Waals surface area contributed by atoms with E-state index in [4.69, 9.17) is 9.47 Å². The average Bonchev–Trinajstić information content (AvgIpc) is 2.56. The van der Waals surface area contributed by atoms with Gasteiger partial charge in [0.2, 0.25) is 0 Å². The molecule has 7 nitrogen and oxygen atoms in total. The van der Waals surface area contributed by atoms with Crippen LogP contribution in [0.25, 0.3) is 0 Å². The highest BCUT2D eigenvalue weighted by atomic mass is 16.5. The third-order valence-corrected chi connectivity index (χ3v) is 3.25. The highest BCUT2D eigenvalue weighted by molar-refractivity contribution is 5.97. The molecule has 0 aromatic heterocycles. The molecule has 0 aliphatic rings. The zero-order chi connectivity index (χ0) is 18.8. The minimum Gasteiger partial charge on any atom is -0.489 e. The number of aliphatic hydroxyl groups excluding tert-OH is 1. The number of benzene rings is 1. The number of ketones is 1. The van der Waals surface area contributed by atoms with Crippen LogP contribution in [-0.4, -0.2) is 48.9 Å². The van der Waals surface area contributed by atoms with Crippen molar-refractivity contribution in [2.75, 3.05) is 25.1 Å². The van der Waals surface area contributed by atoms with Gasteiger partial charge in [0.1, 0.15) is 18.5 Å². The van der Waals surface area contributed by atoms with Gasteiger partial charge in [0, 0.05) is 18.2 Å². The van der Waals surface area contributed by atoms with Crippen LogP contribution in [0.5, 0.6) is 5.75 Å². The number of anilines is 1. The van der Waals surface area contributed by atoms with Crippen LogP contribution in [-0.2, 0) is 4.74 Å². The van der Waals surface area contributed by atoms with Crippen LogP contribution >= 0.6 is 0 Å². The van der Waals surface area contributed by atoms with Crippen LogP contribution in [0.4, 0.5) is 10.5 Å². The van der Waals surface area contributed by atoms with E-state index in [-0.39, 0.29) is 18.4 Å². The summed E-state index contributed by atoms with van der Waals surface area (Å²) in [6, 6.07) is 4.99. The Morgan fingerprint density at radius 2 is 2.00 bits per heavy atom. The lowest BCUT2D eigenvalue weighted by atomic mass is 10.1. The number of hydrogen-bond acceptors (Lipinski definition) is 6. The van der Waals surface area contributed by atoms with Gasteiger partial charge < -0.3 is 19.9 Å². The van der Waals surface area contributed by atoms with Crippen molar-refractivity contribution < 1.29 is 24.2 Å². The standard InChI is InChI=1S/C18H28N2O5/c1-5-8-24-18(23)20-16-9-14(13(4)21)6-7-17(16)25-11-15(22)10-19-12(2)3/h6-7,9,12,15,19,22H,5,8,10-11H2,1-4H3,(H,20,23)/t15-/m0/s1. The molecule has 1 atom stereocenters. The Balaban J connectivity index is 2.79. The molecule has 0 fully saturated rings. The smallest absolute Gasteiger partial charge is 0.411 e. The number of rotatable bonds is 10. The monoisotopic (exact) mass is 352 g/mol. The van der Waals surface area contributed by atoms with E-state index in [1.54, 1.807) is 12.1 Å². The second kappa shape index (κ2) is 10.7. The van der Waals surface area contributed by atoms with E-state index in [9.17, 15) is 14.7 Å². The third-order valence-electron chi connectivity index (χ3n) is 3.25. The van der Waals surface area contributed by atoms with Gasteiger partial charge in [-0.2, -0.15) is 0 Å². The first-order chi connectivity index (χ1) is 11.8. The van der Waals surface area contributed by atoms with E-state index in [0.29, 0.717) is 36.6 Å². The summed E-state index contributed by atoms with van der Waals surface area (Å²) in [6.45, 7) is 8.05. The molecule has 0 bridgehead atoms. The Kier molecular flexibility index (Phi) is 8.94. The fraction of sp³-hybridized carbons (Fsp3) is 0.556. The Morgan fingerprint density at radius 3 is 2.60 bits per heavy atom. The van der Waals surface area contributed by atoms with Gasteiger partial charge in [-0.15, -0.1) is 0 Å². The van der Waals surface area contributed by atoms with Gasteiger partial charge in [-0.25, -0.2) is 4.79 Å². The molecule has 0 radical (unpaired) electrons. The first kappa shape index (κ1) is 20.9. The summed E-state index contributed by atoms with van der Waals surface area (Å²) in [5.74, 6) is 0.236. The molecule has 7 heteroatoms. The van der Waals surface area contributed by atoms with Crippen molar-refractivity contribution in [2.24, 2.45) is 0 Å². The van der Waals surface area contributed by atoms with Crippen molar-refractivity contribution >= 4 is 17.6 Å². The van der Waals surface area contributed by atoms with E-state index in [1.807, 2.05) is 20.8 Å². The number of ether oxygens (including phenoxy) is 2. The lowest BCUT2D eigenvalue weighted by molar-refractivity contribution is 0.101.